The third-order valence-electron chi connectivity index (χ3n) is 5.14. The van der Waals surface area contributed by atoms with Gasteiger partial charge in [-0.3, -0.25) is 9.69 Å². The van der Waals surface area contributed by atoms with Gasteiger partial charge in [0, 0.05) is 37.6 Å². The molecule has 0 spiro atoms. The van der Waals surface area contributed by atoms with E-state index in [1.54, 1.807) is 11.3 Å². The minimum Gasteiger partial charge on any atom is -0.339 e. The Morgan fingerprint density at radius 3 is 2.53 bits per heavy atom. The zero-order valence-corrected chi connectivity index (χ0v) is 19.2. The predicted octanol–water partition coefficient (Wildman–Crippen LogP) is 3.79. The Balaban J connectivity index is 1.27. The van der Waals surface area contributed by atoms with E-state index in [0.29, 0.717) is 12.3 Å². The molecular weight excluding hydrogens is 438 g/mol. The van der Waals surface area contributed by atoms with E-state index in [2.05, 4.69) is 37.9 Å². The second-order valence-electron chi connectivity index (χ2n) is 7.25. The number of piperazine rings is 1. The molecular formula is C21H24ClN5OS2. The van der Waals surface area contributed by atoms with Crippen LogP contribution in [0.3, 0.4) is 0 Å². The topological polar surface area (TPSA) is 54.3 Å². The summed E-state index contributed by atoms with van der Waals surface area (Å²) in [5.74, 6) is 1.40. The molecule has 0 bridgehead atoms. The summed E-state index contributed by atoms with van der Waals surface area (Å²) >= 11 is 9.11. The molecule has 0 atom stereocenters. The Morgan fingerprint density at radius 2 is 1.83 bits per heavy atom. The van der Waals surface area contributed by atoms with Crippen molar-refractivity contribution >= 4 is 40.6 Å². The van der Waals surface area contributed by atoms with Crippen LogP contribution < -0.4 is 0 Å². The van der Waals surface area contributed by atoms with Gasteiger partial charge in [0.05, 0.1) is 16.6 Å². The number of rotatable bonds is 7. The van der Waals surface area contributed by atoms with Crippen molar-refractivity contribution in [2.75, 3.05) is 31.9 Å². The van der Waals surface area contributed by atoms with Gasteiger partial charge in [0.25, 0.3) is 0 Å². The van der Waals surface area contributed by atoms with Gasteiger partial charge in [-0.1, -0.05) is 53.7 Å². The first kappa shape index (κ1) is 21.4. The third-order valence-corrected chi connectivity index (χ3v) is 7.31. The second kappa shape index (κ2) is 9.96. The molecule has 1 aliphatic heterocycles. The van der Waals surface area contributed by atoms with E-state index in [0.717, 1.165) is 48.0 Å². The summed E-state index contributed by atoms with van der Waals surface area (Å²) in [5, 5.41) is 9.27. The fourth-order valence-electron chi connectivity index (χ4n) is 3.45. The molecule has 0 unspecified atom stereocenters. The molecule has 1 saturated heterocycles. The summed E-state index contributed by atoms with van der Waals surface area (Å²) in [4.78, 5) is 18.3. The minimum absolute atomic E-state index is 0.158. The Labute approximate surface area is 189 Å². The van der Waals surface area contributed by atoms with Crippen LogP contribution in [0.15, 0.2) is 47.6 Å². The summed E-state index contributed by atoms with van der Waals surface area (Å²) in [7, 11) is 0. The normalized spacial score (nSPS) is 14.9. The number of hydrogen-bond donors (Lipinski definition) is 0. The van der Waals surface area contributed by atoms with Crippen LogP contribution in [0.4, 0.5) is 0 Å². The number of amides is 1. The number of carbonyl (C=O) groups excluding carboxylic acids is 1. The Bertz CT molecular complexity index is 982. The molecule has 4 rings (SSSR count). The van der Waals surface area contributed by atoms with Crippen LogP contribution in [-0.2, 0) is 17.9 Å². The highest BCUT2D eigenvalue weighted by Crippen LogP contribution is 2.23. The first-order valence-electron chi connectivity index (χ1n) is 9.89. The van der Waals surface area contributed by atoms with Crippen molar-refractivity contribution in [2.24, 2.45) is 0 Å². The van der Waals surface area contributed by atoms with Crippen LogP contribution in [-0.4, -0.2) is 62.4 Å². The molecule has 1 fully saturated rings. The lowest BCUT2D eigenvalue weighted by Crippen LogP contribution is -2.48. The van der Waals surface area contributed by atoms with E-state index in [1.165, 1.54) is 22.2 Å². The van der Waals surface area contributed by atoms with Gasteiger partial charge < -0.3 is 9.47 Å². The first-order valence-corrected chi connectivity index (χ1v) is 12.1. The third kappa shape index (κ3) is 5.43. The van der Waals surface area contributed by atoms with Gasteiger partial charge in [-0.05, 0) is 24.6 Å². The number of benzene rings is 1. The van der Waals surface area contributed by atoms with Crippen LogP contribution in [0.2, 0.25) is 4.34 Å². The van der Waals surface area contributed by atoms with Crippen molar-refractivity contribution in [3.8, 4) is 0 Å². The van der Waals surface area contributed by atoms with Gasteiger partial charge in [0.1, 0.15) is 5.82 Å². The standard InChI is InChI=1S/C21H24ClN5OS2/c1-16-23-24-21(27(16)13-17-5-3-2-4-6-17)29-15-20(28)26-11-9-25(10-12-26)14-18-7-8-19(22)30-18/h2-8H,9-15H2,1H3. The fourth-order valence-corrected chi connectivity index (χ4v) is 5.46. The molecule has 0 saturated carbocycles. The number of hydrogen-bond acceptors (Lipinski definition) is 6. The molecule has 0 aliphatic carbocycles. The smallest absolute Gasteiger partial charge is 0.233 e. The molecule has 2 aromatic heterocycles. The summed E-state index contributed by atoms with van der Waals surface area (Å²) in [6.45, 7) is 6.84. The monoisotopic (exact) mass is 461 g/mol. The highest BCUT2D eigenvalue weighted by molar-refractivity contribution is 7.99. The Hall–Kier alpha value is -1.87. The average molecular weight is 462 g/mol. The first-order chi connectivity index (χ1) is 14.6. The summed E-state index contributed by atoms with van der Waals surface area (Å²) in [6, 6.07) is 14.2. The number of halogens is 1. The quantitative estimate of drug-likeness (QED) is 0.501. The van der Waals surface area contributed by atoms with Gasteiger partial charge >= 0.3 is 0 Å². The highest BCUT2D eigenvalue weighted by atomic mass is 35.5. The molecule has 1 aromatic carbocycles. The van der Waals surface area contributed by atoms with Crippen LogP contribution in [0.5, 0.6) is 0 Å². The molecule has 30 heavy (non-hydrogen) atoms. The number of carbonyl (C=O) groups is 1. The molecule has 0 N–H and O–H groups in total. The second-order valence-corrected chi connectivity index (χ2v) is 10.00. The van der Waals surface area contributed by atoms with Crippen LogP contribution >= 0.6 is 34.7 Å². The SMILES string of the molecule is Cc1nnc(SCC(=O)N2CCN(Cc3ccc(Cl)s3)CC2)n1Cc1ccccc1. The van der Waals surface area contributed by atoms with Crippen molar-refractivity contribution in [1.82, 2.24) is 24.6 Å². The largest absolute Gasteiger partial charge is 0.339 e. The molecule has 3 heterocycles. The van der Waals surface area contributed by atoms with E-state index in [4.69, 9.17) is 11.6 Å². The zero-order chi connectivity index (χ0) is 20.9. The van der Waals surface area contributed by atoms with E-state index in [9.17, 15) is 4.79 Å². The van der Waals surface area contributed by atoms with Crippen LogP contribution in [0.25, 0.3) is 0 Å². The molecule has 1 amide bonds. The lowest BCUT2D eigenvalue weighted by molar-refractivity contribution is -0.130. The Morgan fingerprint density at radius 1 is 1.07 bits per heavy atom. The number of nitrogens with zero attached hydrogens (tertiary/aromatic N) is 5. The fraction of sp³-hybridized carbons (Fsp3) is 0.381. The van der Waals surface area contributed by atoms with Gasteiger partial charge in [0.2, 0.25) is 5.91 Å². The van der Waals surface area contributed by atoms with E-state index in [1.807, 2.05) is 36.1 Å². The summed E-state index contributed by atoms with van der Waals surface area (Å²) in [5.41, 5.74) is 1.19. The number of thiophene rings is 1. The van der Waals surface area contributed by atoms with Crippen LogP contribution in [0, 0.1) is 6.92 Å². The van der Waals surface area contributed by atoms with Crippen molar-refractivity contribution in [3.63, 3.8) is 0 Å². The Kier molecular flexibility index (Phi) is 7.09. The molecule has 158 valence electrons. The van der Waals surface area contributed by atoms with Crippen molar-refractivity contribution in [3.05, 3.63) is 63.1 Å². The van der Waals surface area contributed by atoms with Gasteiger partial charge in [0.15, 0.2) is 5.16 Å². The maximum absolute atomic E-state index is 12.7. The maximum Gasteiger partial charge on any atom is 0.233 e. The zero-order valence-electron chi connectivity index (χ0n) is 16.8. The van der Waals surface area contributed by atoms with Gasteiger partial charge in [-0.25, -0.2) is 0 Å². The molecule has 9 heteroatoms. The molecule has 3 aromatic rings. The number of aryl methyl sites for hydroxylation is 1. The minimum atomic E-state index is 0.158. The lowest BCUT2D eigenvalue weighted by atomic mass is 10.2. The van der Waals surface area contributed by atoms with Gasteiger partial charge in [-0.15, -0.1) is 21.5 Å². The van der Waals surface area contributed by atoms with Gasteiger partial charge in [-0.2, -0.15) is 0 Å². The van der Waals surface area contributed by atoms with Crippen molar-refractivity contribution in [1.29, 1.82) is 0 Å². The molecule has 1 aliphatic rings. The van der Waals surface area contributed by atoms with E-state index in [-0.39, 0.29) is 5.91 Å². The predicted molar refractivity (Wildman–Crippen MR) is 122 cm³/mol. The van der Waals surface area contributed by atoms with Crippen molar-refractivity contribution in [2.45, 2.75) is 25.2 Å². The van der Waals surface area contributed by atoms with E-state index >= 15 is 0 Å². The van der Waals surface area contributed by atoms with E-state index < -0.39 is 0 Å². The highest BCUT2D eigenvalue weighted by Gasteiger charge is 2.22. The van der Waals surface area contributed by atoms with Crippen molar-refractivity contribution < 1.29 is 4.79 Å². The van der Waals surface area contributed by atoms with Crippen LogP contribution in [0.1, 0.15) is 16.3 Å². The number of thioether (sulfide) groups is 1. The lowest BCUT2D eigenvalue weighted by Gasteiger charge is -2.34. The molecule has 6 nitrogen and oxygen atoms in total. The average Bonchev–Trinajstić information content (AvgIpc) is 3.33. The molecule has 0 radical (unpaired) electrons. The number of aromatic nitrogens is 3. The summed E-state index contributed by atoms with van der Waals surface area (Å²) < 4.78 is 2.89. The maximum atomic E-state index is 12.7. The summed E-state index contributed by atoms with van der Waals surface area (Å²) in [6.07, 6.45) is 0.